The molecule has 0 spiro atoms. The number of aliphatic hydroxyl groups is 1. The fraction of sp³-hybridized carbons (Fsp3) is 0.400. The molecular formula is C10H12ClFO2. The van der Waals surface area contributed by atoms with E-state index >= 15 is 0 Å². The van der Waals surface area contributed by atoms with E-state index in [-0.39, 0.29) is 12.2 Å². The minimum Gasteiger partial charge on any atom is -0.386 e. The molecule has 0 radical (unpaired) electrons. The molecule has 0 bridgehead atoms. The molecule has 0 saturated carbocycles. The average Bonchev–Trinajstić information content (AvgIpc) is 2.18. The van der Waals surface area contributed by atoms with E-state index in [2.05, 4.69) is 0 Å². The quantitative estimate of drug-likeness (QED) is 0.842. The van der Waals surface area contributed by atoms with E-state index in [9.17, 15) is 9.50 Å². The molecule has 1 rings (SSSR count). The predicted octanol–water partition coefficient (Wildman–Crippen LogP) is 2.55. The Morgan fingerprint density at radius 3 is 2.93 bits per heavy atom. The first-order valence-corrected chi connectivity index (χ1v) is 4.73. The van der Waals surface area contributed by atoms with Gasteiger partial charge in [0.25, 0.3) is 0 Å². The van der Waals surface area contributed by atoms with Crippen LogP contribution in [0, 0.1) is 5.82 Å². The van der Waals surface area contributed by atoms with Crippen molar-refractivity contribution >= 4 is 11.6 Å². The van der Waals surface area contributed by atoms with Gasteiger partial charge in [0.2, 0.25) is 0 Å². The number of aliphatic hydroxyl groups excluding tert-OH is 1. The highest BCUT2D eigenvalue weighted by molar-refractivity contribution is 6.30. The highest BCUT2D eigenvalue weighted by Crippen LogP contribution is 2.21. The number of hydrogen-bond acceptors (Lipinski definition) is 2. The van der Waals surface area contributed by atoms with Crippen LogP contribution in [0.5, 0.6) is 0 Å². The van der Waals surface area contributed by atoms with Crippen LogP contribution in [0.1, 0.15) is 18.6 Å². The topological polar surface area (TPSA) is 29.5 Å². The number of halogens is 2. The molecule has 14 heavy (non-hydrogen) atoms. The van der Waals surface area contributed by atoms with Crippen LogP contribution < -0.4 is 0 Å². The second-order valence-corrected chi connectivity index (χ2v) is 3.28. The summed E-state index contributed by atoms with van der Waals surface area (Å²) in [6.45, 7) is 2.37. The molecule has 0 aliphatic carbocycles. The molecule has 1 N–H and O–H groups in total. The molecule has 0 amide bonds. The van der Waals surface area contributed by atoms with Gasteiger partial charge in [0, 0.05) is 17.2 Å². The molecular weight excluding hydrogens is 207 g/mol. The van der Waals surface area contributed by atoms with Crippen LogP contribution in [-0.4, -0.2) is 18.3 Å². The third-order valence-corrected chi connectivity index (χ3v) is 2.03. The van der Waals surface area contributed by atoms with Crippen molar-refractivity contribution in [3.8, 4) is 0 Å². The van der Waals surface area contributed by atoms with Crippen LogP contribution in [0.3, 0.4) is 0 Å². The number of rotatable bonds is 4. The van der Waals surface area contributed by atoms with Crippen molar-refractivity contribution in [2.75, 3.05) is 13.2 Å². The molecule has 0 saturated heterocycles. The molecule has 0 aliphatic heterocycles. The maximum absolute atomic E-state index is 13.2. The largest absolute Gasteiger partial charge is 0.386 e. The molecule has 0 heterocycles. The minimum atomic E-state index is -0.964. The summed E-state index contributed by atoms with van der Waals surface area (Å²) in [4.78, 5) is 0. The maximum atomic E-state index is 13.2. The van der Waals surface area contributed by atoms with Gasteiger partial charge in [-0.3, -0.25) is 0 Å². The van der Waals surface area contributed by atoms with E-state index in [1.54, 1.807) is 6.92 Å². The summed E-state index contributed by atoms with van der Waals surface area (Å²) in [5.74, 6) is -0.471. The van der Waals surface area contributed by atoms with E-state index in [0.29, 0.717) is 11.6 Å². The highest BCUT2D eigenvalue weighted by atomic mass is 35.5. The van der Waals surface area contributed by atoms with Gasteiger partial charge < -0.3 is 9.84 Å². The summed E-state index contributed by atoms with van der Waals surface area (Å²) in [7, 11) is 0. The SMILES string of the molecule is CCOCC(O)c1cc(Cl)ccc1F. The molecule has 0 aromatic heterocycles. The highest BCUT2D eigenvalue weighted by Gasteiger charge is 2.12. The van der Waals surface area contributed by atoms with Crippen LogP contribution in [0.15, 0.2) is 18.2 Å². The lowest BCUT2D eigenvalue weighted by Gasteiger charge is -2.11. The van der Waals surface area contributed by atoms with Crippen molar-refractivity contribution < 1.29 is 14.2 Å². The van der Waals surface area contributed by atoms with Gasteiger partial charge in [0.05, 0.1) is 6.61 Å². The van der Waals surface area contributed by atoms with E-state index in [0.717, 1.165) is 0 Å². The lowest BCUT2D eigenvalue weighted by molar-refractivity contribution is 0.0401. The van der Waals surface area contributed by atoms with Crippen LogP contribution in [0.4, 0.5) is 4.39 Å². The van der Waals surface area contributed by atoms with Gasteiger partial charge in [0.15, 0.2) is 0 Å². The van der Waals surface area contributed by atoms with E-state index < -0.39 is 11.9 Å². The van der Waals surface area contributed by atoms with Gasteiger partial charge in [-0.05, 0) is 25.1 Å². The second-order valence-electron chi connectivity index (χ2n) is 2.84. The van der Waals surface area contributed by atoms with E-state index in [1.807, 2.05) is 0 Å². The van der Waals surface area contributed by atoms with Gasteiger partial charge >= 0.3 is 0 Å². The number of hydrogen-bond donors (Lipinski definition) is 1. The standard InChI is InChI=1S/C10H12ClFO2/c1-2-14-6-10(13)8-5-7(11)3-4-9(8)12/h3-5,10,13H,2,6H2,1H3. The Balaban J connectivity index is 2.77. The van der Waals surface area contributed by atoms with Crippen molar-refractivity contribution in [3.05, 3.63) is 34.6 Å². The summed E-state index contributed by atoms with van der Waals surface area (Å²) >= 11 is 5.68. The van der Waals surface area contributed by atoms with Crippen molar-refractivity contribution in [1.29, 1.82) is 0 Å². The Bertz CT molecular complexity index is 304. The Labute approximate surface area is 87.3 Å². The Morgan fingerprint density at radius 1 is 1.57 bits per heavy atom. The van der Waals surface area contributed by atoms with Crippen LogP contribution in [0.25, 0.3) is 0 Å². The first kappa shape index (κ1) is 11.4. The number of ether oxygens (including phenoxy) is 1. The summed E-state index contributed by atoms with van der Waals surface area (Å²) in [5, 5.41) is 9.93. The smallest absolute Gasteiger partial charge is 0.129 e. The number of benzene rings is 1. The van der Waals surface area contributed by atoms with Crippen molar-refractivity contribution in [2.45, 2.75) is 13.0 Å². The lowest BCUT2D eigenvalue weighted by Crippen LogP contribution is -2.08. The zero-order chi connectivity index (χ0) is 10.6. The van der Waals surface area contributed by atoms with Crippen LogP contribution in [-0.2, 0) is 4.74 Å². The van der Waals surface area contributed by atoms with Gasteiger partial charge in [-0.15, -0.1) is 0 Å². The van der Waals surface area contributed by atoms with Gasteiger partial charge in [-0.25, -0.2) is 4.39 Å². The van der Waals surface area contributed by atoms with Crippen molar-refractivity contribution in [1.82, 2.24) is 0 Å². The van der Waals surface area contributed by atoms with Crippen LogP contribution >= 0.6 is 11.6 Å². The molecule has 2 nitrogen and oxygen atoms in total. The normalized spacial score (nSPS) is 12.9. The predicted molar refractivity (Wildman–Crippen MR) is 52.9 cm³/mol. The maximum Gasteiger partial charge on any atom is 0.129 e. The van der Waals surface area contributed by atoms with Crippen molar-refractivity contribution in [2.24, 2.45) is 0 Å². The molecule has 4 heteroatoms. The zero-order valence-corrected chi connectivity index (χ0v) is 8.59. The molecule has 1 aromatic rings. The van der Waals surface area contributed by atoms with E-state index in [1.165, 1.54) is 18.2 Å². The lowest BCUT2D eigenvalue weighted by atomic mass is 10.1. The average molecular weight is 219 g/mol. The van der Waals surface area contributed by atoms with Gasteiger partial charge in [-0.2, -0.15) is 0 Å². The summed E-state index contributed by atoms with van der Waals surface area (Å²) in [6, 6.07) is 4.07. The Hall–Kier alpha value is -0.640. The Kier molecular flexibility index (Phi) is 4.32. The zero-order valence-electron chi connectivity index (χ0n) is 7.84. The summed E-state index contributed by atoms with van der Waals surface area (Å²) in [5.41, 5.74) is 0.172. The first-order valence-electron chi connectivity index (χ1n) is 4.36. The van der Waals surface area contributed by atoms with Gasteiger partial charge in [0.1, 0.15) is 11.9 Å². The van der Waals surface area contributed by atoms with Crippen molar-refractivity contribution in [3.63, 3.8) is 0 Å². The molecule has 1 unspecified atom stereocenters. The molecule has 78 valence electrons. The molecule has 1 aromatic carbocycles. The fourth-order valence-electron chi connectivity index (χ4n) is 1.09. The summed E-state index contributed by atoms with van der Waals surface area (Å²) < 4.78 is 18.2. The second kappa shape index (κ2) is 5.29. The van der Waals surface area contributed by atoms with E-state index in [4.69, 9.17) is 16.3 Å². The third kappa shape index (κ3) is 2.94. The monoisotopic (exact) mass is 218 g/mol. The summed E-state index contributed by atoms with van der Waals surface area (Å²) in [6.07, 6.45) is -0.964. The fourth-order valence-corrected chi connectivity index (χ4v) is 1.27. The van der Waals surface area contributed by atoms with Crippen LogP contribution in [0.2, 0.25) is 5.02 Å². The minimum absolute atomic E-state index is 0.0771. The molecule has 0 fully saturated rings. The van der Waals surface area contributed by atoms with Gasteiger partial charge in [-0.1, -0.05) is 11.6 Å². The molecule has 1 atom stereocenters. The molecule has 0 aliphatic rings. The third-order valence-electron chi connectivity index (χ3n) is 1.80. The first-order chi connectivity index (χ1) is 6.65. The Morgan fingerprint density at radius 2 is 2.29 bits per heavy atom.